The van der Waals surface area contributed by atoms with Crippen LogP contribution in [-0.4, -0.2) is 21.8 Å². The summed E-state index contributed by atoms with van der Waals surface area (Å²) in [4.78, 5) is 25.0. The van der Waals surface area contributed by atoms with Crippen molar-refractivity contribution in [3.8, 4) is 5.69 Å². The number of aromatic nitrogens is 2. The van der Waals surface area contributed by atoms with E-state index in [1.54, 1.807) is 16.4 Å². The van der Waals surface area contributed by atoms with Crippen molar-refractivity contribution in [1.29, 1.82) is 0 Å². The first-order valence-corrected chi connectivity index (χ1v) is 8.46. The van der Waals surface area contributed by atoms with E-state index in [0.717, 1.165) is 11.3 Å². The van der Waals surface area contributed by atoms with E-state index >= 15 is 0 Å². The van der Waals surface area contributed by atoms with Gasteiger partial charge in [-0.2, -0.15) is 0 Å². The molecular weight excluding hydrogens is 328 g/mol. The number of nitrogens with zero attached hydrogens (tertiary/aromatic N) is 2. The van der Waals surface area contributed by atoms with Crippen molar-refractivity contribution in [2.24, 2.45) is 7.05 Å². The molecule has 0 aliphatic heterocycles. The molecule has 2 N–H and O–H groups in total. The number of anilines is 1. The van der Waals surface area contributed by atoms with Crippen molar-refractivity contribution in [2.75, 3.05) is 11.9 Å². The maximum absolute atomic E-state index is 12.7. The largest absolute Gasteiger partial charge is 0.319 e. The van der Waals surface area contributed by atoms with Gasteiger partial charge in [0.2, 0.25) is 5.91 Å². The van der Waals surface area contributed by atoms with Gasteiger partial charge in [0.15, 0.2) is 0 Å². The minimum atomic E-state index is -0.244. The minimum Gasteiger partial charge on any atom is -0.319 e. The van der Waals surface area contributed by atoms with Gasteiger partial charge < -0.3 is 10.6 Å². The molecule has 0 atom stereocenters. The predicted octanol–water partition coefficient (Wildman–Crippen LogP) is 2.21. The summed E-state index contributed by atoms with van der Waals surface area (Å²) in [7, 11) is 1.80. The van der Waals surface area contributed by atoms with Crippen LogP contribution >= 0.6 is 0 Å². The van der Waals surface area contributed by atoms with E-state index in [-0.39, 0.29) is 18.0 Å². The van der Waals surface area contributed by atoms with Crippen LogP contribution < -0.4 is 16.2 Å². The summed E-state index contributed by atoms with van der Waals surface area (Å²) >= 11 is 0. The second-order valence-electron chi connectivity index (χ2n) is 6.07. The fourth-order valence-electron chi connectivity index (χ4n) is 2.81. The Morgan fingerprint density at radius 2 is 1.62 bits per heavy atom. The third-order valence-corrected chi connectivity index (χ3v) is 4.28. The number of hydrogen-bond donors (Lipinski definition) is 2. The summed E-state index contributed by atoms with van der Waals surface area (Å²) in [5.74, 6) is -0.244. The molecule has 1 amide bonds. The monoisotopic (exact) mass is 350 g/mol. The molecule has 1 heterocycles. The average molecular weight is 350 g/mol. The molecule has 0 fully saturated rings. The molecule has 0 spiro atoms. The van der Waals surface area contributed by atoms with Crippen molar-refractivity contribution in [2.45, 2.75) is 13.5 Å². The zero-order valence-corrected chi connectivity index (χ0v) is 14.9. The van der Waals surface area contributed by atoms with Crippen molar-refractivity contribution >= 4 is 11.6 Å². The molecular formula is C20H22N4O2. The summed E-state index contributed by atoms with van der Waals surface area (Å²) in [6, 6.07) is 19.2. The highest BCUT2D eigenvalue weighted by Gasteiger charge is 2.17. The number of hydrogen-bond acceptors (Lipinski definition) is 3. The predicted molar refractivity (Wildman–Crippen MR) is 103 cm³/mol. The van der Waals surface area contributed by atoms with Gasteiger partial charge in [0, 0.05) is 13.6 Å². The minimum absolute atomic E-state index is 0.133. The first kappa shape index (κ1) is 17.7. The maximum Gasteiger partial charge on any atom is 0.295 e. The van der Waals surface area contributed by atoms with Gasteiger partial charge in [-0.3, -0.25) is 14.3 Å². The number of rotatable bonds is 6. The molecule has 3 rings (SSSR count). The van der Waals surface area contributed by atoms with Crippen LogP contribution in [0.1, 0.15) is 11.3 Å². The highest BCUT2D eigenvalue weighted by atomic mass is 16.2. The van der Waals surface area contributed by atoms with Gasteiger partial charge in [0.05, 0.1) is 17.9 Å². The van der Waals surface area contributed by atoms with Gasteiger partial charge in [0.1, 0.15) is 5.69 Å². The Morgan fingerprint density at radius 3 is 2.27 bits per heavy atom. The summed E-state index contributed by atoms with van der Waals surface area (Å²) in [6.07, 6.45) is 0. The number of para-hydroxylation sites is 1. The van der Waals surface area contributed by atoms with Gasteiger partial charge >= 0.3 is 0 Å². The Kier molecular flexibility index (Phi) is 5.34. The third kappa shape index (κ3) is 3.75. The topological polar surface area (TPSA) is 68.1 Å². The Bertz CT molecular complexity index is 943. The lowest BCUT2D eigenvalue weighted by atomic mass is 10.2. The molecule has 26 heavy (non-hydrogen) atoms. The van der Waals surface area contributed by atoms with E-state index in [1.165, 1.54) is 0 Å². The molecule has 0 aliphatic carbocycles. The SMILES string of the molecule is Cc1c(NC(=O)CNCc2ccccc2)c(=O)n(-c2ccccc2)n1C. The van der Waals surface area contributed by atoms with Crippen LogP contribution in [0.4, 0.5) is 5.69 Å². The first-order chi connectivity index (χ1) is 12.6. The Labute approximate surface area is 152 Å². The lowest BCUT2D eigenvalue weighted by molar-refractivity contribution is -0.115. The Morgan fingerprint density at radius 1 is 1.00 bits per heavy atom. The van der Waals surface area contributed by atoms with E-state index in [1.807, 2.05) is 67.6 Å². The smallest absolute Gasteiger partial charge is 0.295 e. The first-order valence-electron chi connectivity index (χ1n) is 8.46. The summed E-state index contributed by atoms with van der Waals surface area (Å²) < 4.78 is 3.28. The molecule has 6 nitrogen and oxygen atoms in total. The lowest BCUT2D eigenvalue weighted by Gasteiger charge is -2.07. The molecule has 0 saturated heterocycles. The highest BCUT2D eigenvalue weighted by molar-refractivity contribution is 5.92. The van der Waals surface area contributed by atoms with Crippen molar-refractivity contribution < 1.29 is 4.79 Å². The Hall–Kier alpha value is -3.12. The van der Waals surface area contributed by atoms with Crippen LogP contribution in [0.2, 0.25) is 0 Å². The fourth-order valence-corrected chi connectivity index (χ4v) is 2.81. The van der Waals surface area contributed by atoms with Crippen LogP contribution in [-0.2, 0) is 18.4 Å². The van der Waals surface area contributed by atoms with Crippen LogP contribution in [0.15, 0.2) is 65.5 Å². The molecule has 0 bridgehead atoms. The van der Waals surface area contributed by atoms with E-state index in [4.69, 9.17) is 0 Å². The second-order valence-corrected chi connectivity index (χ2v) is 6.07. The van der Waals surface area contributed by atoms with Crippen LogP contribution in [0.5, 0.6) is 0 Å². The standard InChI is InChI=1S/C20H22N4O2/c1-15-19(20(26)24(23(15)2)17-11-7-4-8-12-17)22-18(25)14-21-13-16-9-5-3-6-10-16/h3-12,21H,13-14H2,1-2H3,(H,22,25). The van der Waals surface area contributed by atoms with Crippen molar-refractivity contribution in [1.82, 2.24) is 14.7 Å². The van der Waals surface area contributed by atoms with E-state index in [2.05, 4.69) is 10.6 Å². The van der Waals surface area contributed by atoms with Gasteiger partial charge in [-0.1, -0.05) is 48.5 Å². The number of amides is 1. The second kappa shape index (κ2) is 7.84. The molecule has 1 aromatic heterocycles. The fraction of sp³-hybridized carbons (Fsp3) is 0.200. The molecule has 0 saturated carbocycles. The van der Waals surface area contributed by atoms with Crippen LogP contribution in [0.3, 0.4) is 0 Å². The van der Waals surface area contributed by atoms with Gasteiger partial charge in [-0.25, -0.2) is 4.68 Å². The van der Waals surface area contributed by atoms with E-state index in [0.29, 0.717) is 17.9 Å². The normalized spacial score (nSPS) is 10.7. The quantitative estimate of drug-likeness (QED) is 0.716. The van der Waals surface area contributed by atoms with Gasteiger partial charge in [0.25, 0.3) is 5.56 Å². The van der Waals surface area contributed by atoms with E-state index < -0.39 is 0 Å². The number of nitrogens with one attached hydrogen (secondary N) is 2. The zero-order valence-electron chi connectivity index (χ0n) is 14.9. The van der Waals surface area contributed by atoms with E-state index in [9.17, 15) is 9.59 Å². The van der Waals surface area contributed by atoms with Gasteiger partial charge in [-0.15, -0.1) is 0 Å². The molecule has 6 heteroatoms. The molecule has 0 radical (unpaired) electrons. The van der Waals surface area contributed by atoms with Crippen LogP contribution in [0.25, 0.3) is 5.69 Å². The van der Waals surface area contributed by atoms with Crippen molar-refractivity contribution in [3.63, 3.8) is 0 Å². The number of benzene rings is 2. The average Bonchev–Trinajstić information content (AvgIpc) is 2.87. The summed E-state index contributed by atoms with van der Waals surface area (Å²) in [6.45, 7) is 2.54. The summed E-state index contributed by atoms with van der Waals surface area (Å²) in [5, 5.41) is 5.83. The molecule has 0 aliphatic rings. The molecule has 134 valence electrons. The van der Waals surface area contributed by atoms with Crippen molar-refractivity contribution in [3.05, 3.63) is 82.3 Å². The number of carbonyl (C=O) groups is 1. The lowest BCUT2D eigenvalue weighted by Crippen LogP contribution is -2.30. The van der Waals surface area contributed by atoms with Gasteiger partial charge in [-0.05, 0) is 24.6 Å². The van der Waals surface area contributed by atoms with Crippen LogP contribution in [0, 0.1) is 6.92 Å². The highest BCUT2D eigenvalue weighted by Crippen LogP contribution is 2.13. The number of carbonyl (C=O) groups excluding carboxylic acids is 1. The molecule has 2 aromatic carbocycles. The zero-order chi connectivity index (χ0) is 18.5. The Balaban J connectivity index is 1.70. The maximum atomic E-state index is 12.7. The molecule has 0 unspecified atom stereocenters. The summed E-state index contributed by atoms with van der Waals surface area (Å²) in [5.41, 5.74) is 2.62. The molecule has 3 aromatic rings. The third-order valence-electron chi connectivity index (χ3n) is 4.28.